The first kappa shape index (κ1) is 13.4. The second-order valence-corrected chi connectivity index (χ2v) is 6.19. The lowest BCUT2D eigenvalue weighted by molar-refractivity contribution is -0.139. The molecule has 92 valence electrons. The summed E-state index contributed by atoms with van der Waals surface area (Å²) in [5.74, 6) is 1.20. The van der Waals surface area contributed by atoms with Gasteiger partial charge < -0.3 is 10.4 Å². The molecule has 0 spiro atoms. The summed E-state index contributed by atoms with van der Waals surface area (Å²) >= 11 is 1.84. The molecule has 1 heterocycles. The molecule has 1 fully saturated rings. The van der Waals surface area contributed by atoms with Crippen LogP contribution in [0, 0.1) is 5.41 Å². The maximum Gasteiger partial charge on any atom is 0.303 e. The maximum atomic E-state index is 11.7. The Kier molecular flexibility index (Phi) is 4.65. The van der Waals surface area contributed by atoms with Crippen molar-refractivity contribution in [2.45, 2.75) is 39.2 Å². The van der Waals surface area contributed by atoms with E-state index in [0.29, 0.717) is 0 Å². The van der Waals surface area contributed by atoms with Crippen LogP contribution in [0.2, 0.25) is 0 Å². The molecule has 0 bridgehead atoms. The zero-order valence-corrected chi connectivity index (χ0v) is 10.6. The summed E-state index contributed by atoms with van der Waals surface area (Å²) in [6.07, 6.45) is 1.33. The van der Waals surface area contributed by atoms with Gasteiger partial charge in [0.25, 0.3) is 0 Å². The number of carbonyl (C=O) groups excluding carboxylic acids is 1. The van der Waals surface area contributed by atoms with Crippen LogP contribution in [0.4, 0.5) is 0 Å². The van der Waals surface area contributed by atoms with Gasteiger partial charge in [0.15, 0.2) is 0 Å². The van der Waals surface area contributed by atoms with E-state index >= 15 is 0 Å². The van der Waals surface area contributed by atoms with Crippen LogP contribution in [0.25, 0.3) is 0 Å². The average Bonchev–Trinajstić information content (AvgIpc) is 2.51. The van der Waals surface area contributed by atoms with Gasteiger partial charge in [-0.3, -0.25) is 9.59 Å². The van der Waals surface area contributed by atoms with E-state index in [1.807, 2.05) is 25.6 Å². The smallest absolute Gasteiger partial charge is 0.303 e. The molecule has 0 aromatic carbocycles. The Morgan fingerprint density at radius 3 is 2.62 bits per heavy atom. The largest absolute Gasteiger partial charge is 0.481 e. The molecule has 0 aromatic heterocycles. The highest BCUT2D eigenvalue weighted by atomic mass is 32.2. The van der Waals surface area contributed by atoms with Gasteiger partial charge in [-0.25, -0.2) is 0 Å². The highest BCUT2D eigenvalue weighted by molar-refractivity contribution is 7.99. The Balaban J connectivity index is 2.34. The van der Waals surface area contributed by atoms with Crippen LogP contribution in [0.1, 0.15) is 33.1 Å². The van der Waals surface area contributed by atoms with E-state index in [1.165, 1.54) is 0 Å². The number of carbonyl (C=O) groups is 2. The molecule has 0 aliphatic carbocycles. The minimum atomic E-state index is -0.853. The molecule has 0 saturated carbocycles. The molecule has 1 aliphatic rings. The SMILES string of the molecule is CC(C)(CC(=O)O)CC(=O)NC1CCSC1. The Bertz CT molecular complexity index is 272. The van der Waals surface area contributed by atoms with Gasteiger partial charge in [0.05, 0.1) is 6.42 Å². The van der Waals surface area contributed by atoms with Crippen molar-refractivity contribution in [1.29, 1.82) is 0 Å². The van der Waals surface area contributed by atoms with Crippen LogP contribution >= 0.6 is 11.8 Å². The summed E-state index contributed by atoms with van der Waals surface area (Å²) in [5.41, 5.74) is -0.471. The van der Waals surface area contributed by atoms with E-state index in [-0.39, 0.29) is 24.8 Å². The molecule has 2 N–H and O–H groups in total. The van der Waals surface area contributed by atoms with Crippen LogP contribution in [-0.2, 0) is 9.59 Å². The van der Waals surface area contributed by atoms with E-state index in [2.05, 4.69) is 5.32 Å². The number of carboxylic acid groups (broad SMARTS) is 1. The molecule has 0 aromatic rings. The minimum Gasteiger partial charge on any atom is -0.481 e. The molecule has 1 atom stereocenters. The molecule has 5 heteroatoms. The monoisotopic (exact) mass is 245 g/mol. The quantitative estimate of drug-likeness (QED) is 0.770. The van der Waals surface area contributed by atoms with Gasteiger partial charge in [-0.05, 0) is 17.6 Å². The summed E-state index contributed by atoms with van der Waals surface area (Å²) in [4.78, 5) is 22.3. The standard InChI is InChI=1S/C11H19NO3S/c1-11(2,6-10(14)15)5-9(13)12-8-3-4-16-7-8/h8H,3-7H2,1-2H3,(H,12,13)(H,14,15). The summed E-state index contributed by atoms with van der Waals surface area (Å²) in [5, 5.41) is 11.7. The maximum absolute atomic E-state index is 11.7. The zero-order valence-electron chi connectivity index (χ0n) is 9.78. The summed E-state index contributed by atoms with van der Waals surface area (Å²) < 4.78 is 0. The fourth-order valence-electron chi connectivity index (χ4n) is 1.83. The van der Waals surface area contributed by atoms with Crippen LogP contribution in [0.5, 0.6) is 0 Å². The van der Waals surface area contributed by atoms with Crippen LogP contribution in [-0.4, -0.2) is 34.5 Å². The van der Waals surface area contributed by atoms with E-state index in [9.17, 15) is 9.59 Å². The topological polar surface area (TPSA) is 66.4 Å². The number of aliphatic carboxylic acids is 1. The Labute approximate surface area is 100 Å². The normalized spacial score (nSPS) is 20.8. The highest BCUT2D eigenvalue weighted by Gasteiger charge is 2.26. The number of hydrogen-bond donors (Lipinski definition) is 2. The summed E-state index contributed by atoms with van der Waals surface area (Å²) in [6, 6.07) is 0.276. The molecule has 1 unspecified atom stereocenters. The van der Waals surface area contributed by atoms with Gasteiger partial charge in [-0.1, -0.05) is 13.8 Å². The van der Waals surface area contributed by atoms with Gasteiger partial charge in [0.1, 0.15) is 0 Å². The van der Waals surface area contributed by atoms with E-state index in [4.69, 9.17) is 5.11 Å². The Morgan fingerprint density at radius 2 is 2.12 bits per heavy atom. The average molecular weight is 245 g/mol. The predicted octanol–water partition coefficient (Wildman–Crippen LogP) is 1.50. The molecular weight excluding hydrogens is 226 g/mol. The molecule has 1 amide bonds. The van der Waals surface area contributed by atoms with Crippen molar-refractivity contribution >= 4 is 23.6 Å². The number of amides is 1. The second-order valence-electron chi connectivity index (χ2n) is 5.04. The Morgan fingerprint density at radius 1 is 1.44 bits per heavy atom. The number of hydrogen-bond acceptors (Lipinski definition) is 3. The van der Waals surface area contributed by atoms with E-state index in [1.54, 1.807) is 0 Å². The van der Waals surface area contributed by atoms with E-state index in [0.717, 1.165) is 17.9 Å². The van der Waals surface area contributed by atoms with Crippen LogP contribution in [0.15, 0.2) is 0 Å². The molecule has 16 heavy (non-hydrogen) atoms. The van der Waals surface area contributed by atoms with Gasteiger partial charge in [-0.2, -0.15) is 11.8 Å². The highest BCUT2D eigenvalue weighted by Crippen LogP contribution is 2.25. The number of nitrogens with one attached hydrogen (secondary N) is 1. The number of thioether (sulfide) groups is 1. The zero-order chi connectivity index (χ0) is 12.2. The second kappa shape index (κ2) is 5.57. The molecule has 0 radical (unpaired) electrons. The molecule has 1 rings (SSSR count). The lowest BCUT2D eigenvalue weighted by Crippen LogP contribution is -2.37. The first-order valence-corrected chi connectivity index (χ1v) is 6.63. The van der Waals surface area contributed by atoms with Crippen molar-refractivity contribution in [3.63, 3.8) is 0 Å². The number of rotatable bonds is 5. The van der Waals surface area contributed by atoms with Gasteiger partial charge in [0, 0.05) is 18.2 Å². The lowest BCUT2D eigenvalue weighted by atomic mass is 9.85. The first-order chi connectivity index (χ1) is 7.39. The molecule has 1 aliphatic heterocycles. The van der Waals surface area contributed by atoms with Crippen LogP contribution < -0.4 is 5.32 Å². The van der Waals surface area contributed by atoms with Gasteiger partial charge in [-0.15, -0.1) is 0 Å². The number of carboxylic acids is 1. The molecule has 4 nitrogen and oxygen atoms in total. The van der Waals surface area contributed by atoms with Crippen molar-refractivity contribution < 1.29 is 14.7 Å². The molecular formula is C11H19NO3S. The fourth-order valence-corrected chi connectivity index (χ4v) is 2.99. The third-order valence-electron chi connectivity index (χ3n) is 2.56. The van der Waals surface area contributed by atoms with Gasteiger partial charge in [0.2, 0.25) is 5.91 Å². The fraction of sp³-hybridized carbons (Fsp3) is 0.818. The lowest BCUT2D eigenvalue weighted by Gasteiger charge is -2.22. The third-order valence-corrected chi connectivity index (χ3v) is 3.73. The van der Waals surface area contributed by atoms with Crippen LogP contribution in [0.3, 0.4) is 0 Å². The van der Waals surface area contributed by atoms with Crippen molar-refractivity contribution in [3.05, 3.63) is 0 Å². The third kappa shape index (κ3) is 4.88. The van der Waals surface area contributed by atoms with Crippen molar-refractivity contribution in [3.8, 4) is 0 Å². The van der Waals surface area contributed by atoms with Crippen molar-refractivity contribution in [2.24, 2.45) is 5.41 Å². The molecule has 1 saturated heterocycles. The summed E-state index contributed by atoms with van der Waals surface area (Å²) in [7, 11) is 0. The first-order valence-electron chi connectivity index (χ1n) is 5.48. The Hall–Kier alpha value is -0.710. The van der Waals surface area contributed by atoms with E-state index < -0.39 is 11.4 Å². The summed E-state index contributed by atoms with van der Waals surface area (Å²) in [6.45, 7) is 3.62. The predicted molar refractivity (Wildman–Crippen MR) is 64.5 cm³/mol. The van der Waals surface area contributed by atoms with Crippen molar-refractivity contribution in [2.75, 3.05) is 11.5 Å². The minimum absolute atomic E-state index is 0.0276. The van der Waals surface area contributed by atoms with Gasteiger partial charge >= 0.3 is 5.97 Å². The van der Waals surface area contributed by atoms with Crippen molar-refractivity contribution in [1.82, 2.24) is 5.32 Å².